The lowest BCUT2D eigenvalue weighted by Crippen LogP contribution is -2.47. The van der Waals surface area contributed by atoms with Crippen molar-refractivity contribution in [3.8, 4) is 0 Å². The van der Waals surface area contributed by atoms with Gasteiger partial charge in [0.05, 0.1) is 0 Å². The standard InChI is InChI=1S/C14H27N3O3/c1-20-11-13(18)16-12-6-9-17(10-7-12)14(19)5-3-2-4-8-15/h12H,2-11,15H2,1H3,(H,16,18). The van der Waals surface area contributed by atoms with Gasteiger partial charge in [0, 0.05) is 32.7 Å². The van der Waals surface area contributed by atoms with Gasteiger partial charge in [0.25, 0.3) is 0 Å². The monoisotopic (exact) mass is 285 g/mol. The van der Waals surface area contributed by atoms with Crippen molar-refractivity contribution in [1.29, 1.82) is 0 Å². The maximum atomic E-state index is 12.0. The van der Waals surface area contributed by atoms with Gasteiger partial charge in [-0.2, -0.15) is 0 Å². The van der Waals surface area contributed by atoms with E-state index in [9.17, 15) is 9.59 Å². The van der Waals surface area contributed by atoms with E-state index in [1.807, 2.05) is 4.90 Å². The van der Waals surface area contributed by atoms with Crippen LogP contribution in [-0.2, 0) is 14.3 Å². The first kappa shape index (κ1) is 16.9. The molecule has 6 heteroatoms. The number of likely N-dealkylation sites (tertiary alicyclic amines) is 1. The van der Waals surface area contributed by atoms with Crippen molar-refractivity contribution >= 4 is 11.8 Å². The minimum Gasteiger partial charge on any atom is -0.375 e. The predicted octanol–water partition coefficient (Wildman–Crippen LogP) is 0.259. The largest absolute Gasteiger partial charge is 0.375 e. The van der Waals surface area contributed by atoms with Crippen LogP contribution in [0.5, 0.6) is 0 Å². The lowest BCUT2D eigenvalue weighted by molar-refractivity contribution is -0.132. The van der Waals surface area contributed by atoms with Gasteiger partial charge in [-0.05, 0) is 32.2 Å². The molecule has 0 radical (unpaired) electrons. The fraction of sp³-hybridized carbons (Fsp3) is 0.857. The maximum absolute atomic E-state index is 12.0. The summed E-state index contributed by atoms with van der Waals surface area (Å²) in [5.74, 6) is 0.141. The predicted molar refractivity (Wildman–Crippen MR) is 77.1 cm³/mol. The Morgan fingerprint density at radius 3 is 2.55 bits per heavy atom. The molecule has 0 aromatic heterocycles. The SMILES string of the molecule is COCC(=O)NC1CCN(C(=O)CCCCCN)CC1. The first-order valence-electron chi connectivity index (χ1n) is 7.43. The Hall–Kier alpha value is -1.14. The second-order valence-electron chi connectivity index (χ2n) is 5.25. The van der Waals surface area contributed by atoms with Crippen molar-refractivity contribution in [2.24, 2.45) is 5.73 Å². The summed E-state index contributed by atoms with van der Waals surface area (Å²) in [4.78, 5) is 25.3. The molecule has 1 rings (SSSR count). The number of rotatable bonds is 8. The van der Waals surface area contributed by atoms with Gasteiger partial charge in [0.2, 0.25) is 11.8 Å². The molecular formula is C14H27N3O3. The first-order chi connectivity index (χ1) is 9.67. The number of hydrogen-bond donors (Lipinski definition) is 2. The Morgan fingerprint density at radius 2 is 1.95 bits per heavy atom. The fourth-order valence-corrected chi connectivity index (χ4v) is 2.43. The third-order valence-corrected chi connectivity index (χ3v) is 3.58. The van der Waals surface area contributed by atoms with Crippen molar-refractivity contribution in [2.45, 2.75) is 44.6 Å². The van der Waals surface area contributed by atoms with E-state index < -0.39 is 0 Å². The van der Waals surface area contributed by atoms with E-state index in [2.05, 4.69) is 5.32 Å². The number of piperidine rings is 1. The number of ether oxygens (including phenoxy) is 1. The molecule has 0 saturated carbocycles. The molecule has 1 fully saturated rings. The highest BCUT2D eigenvalue weighted by atomic mass is 16.5. The van der Waals surface area contributed by atoms with Gasteiger partial charge < -0.3 is 20.7 Å². The van der Waals surface area contributed by atoms with E-state index >= 15 is 0 Å². The number of nitrogens with one attached hydrogen (secondary N) is 1. The van der Waals surface area contributed by atoms with Crippen molar-refractivity contribution in [1.82, 2.24) is 10.2 Å². The van der Waals surface area contributed by atoms with Crippen LogP contribution in [0.2, 0.25) is 0 Å². The summed E-state index contributed by atoms with van der Waals surface area (Å²) in [5.41, 5.74) is 5.43. The molecule has 1 aliphatic rings. The number of amides is 2. The first-order valence-corrected chi connectivity index (χ1v) is 7.43. The van der Waals surface area contributed by atoms with Crippen LogP contribution in [0.4, 0.5) is 0 Å². The summed E-state index contributed by atoms with van der Waals surface area (Å²) in [6.07, 6.45) is 5.18. The molecule has 20 heavy (non-hydrogen) atoms. The van der Waals surface area contributed by atoms with E-state index in [1.54, 1.807) is 0 Å². The number of nitrogens with zero attached hydrogens (tertiary/aromatic N) is 1. The van der Waals surface area contributed by atoms with E-state index in [-0.39, 0.29) is 24.5 Å². The van der Waals surface area contributed by atoms with Crippen molar-refractivity contribution < 1.29 is 14.3 Å². The molecule has 116 valence electrons. The molecule has 2 amide bonds. The third kappa shape index (κ3) is 6.34. The molecule has 0 aliphatic carbocycles. The van der Waals surface area contributed by atoms with E-state index in [1.165, 1.54) is 7.11 Å². The Morgan fingerprint density at radius 1 is 1.25 bits per heavy atom. The highest BCUT2D eigenvalue weighted by Crippen LogP contribution is 2.13. The number of carbonyl (C=O) groups excluding carboxylic acids is 2. The smallest absolute Gasteiger partial charge is 0.246 e. The summed E-state index contributed by atoms with van der Waals surface area (Å²) < 4.78 is 4.78. The van der Waals surface area contributed by atoms with Crippen molar-refractivity contribution in [2.75, 3.05) is 33.4 Å². The molecular weight excluding hydrogens is 258 g/mol. The second-order valence-corrected chi connectivity index (χ2v) is 5.25. The van der Waals surface area contributed by atoms with Crippen LogP contribution < -0.4 is 11.1 Å². The molecule has 0 bridgehead atoms. The van der Waals surface area contributed by atoms with Crippen LogP contribution in [0.3, 0.4) is 0 Å². The molecule has 0 aromatic rings. The Bertz CT molecular complexity index is 302. The molecule has 0 atom stereocenters. The fourth-order valence-electron chi connectivity index (χ4n) is 2.43. The van der Waals surface area contributed by atoms with Gasteiger partial charge in [-0.25, -0.2) is 0 Å². The molecule has 1 saturated heterocycles. The Kier molecular flexibility index (Phi) is 8.22. The molecule has 1 heterocycles. The van der Waals surface area contributed by atoms with Crippen LogP contribution in [0.15, 0.2) is 0 Å². The molecule has 6 nitrogen and oxygen atoms in total. The molecule has 0 aromatic carbocycles. The normalized spacial score (nSPS) is 16.2. The van der Waals surface area contributed by atoms with Gasteiger partial charge >= 0.3 is 0 Å². The van der Waals surface area contributed by atoms with Gasteiger partial charge in [-0.1, -0.05) is 6.42 Å². The average Bonchev–Trinajstić information content (AvgIpc) is 2.44. The third-order valence-electron chi connectivity index (χ3n) is 3.58. The minimum atomic E-state index is -0.0842. The van der Waals surface area contributed by atoms with E-state index in [0.29, 0.717) is 13.0 Å². The van der Waals surface area contributed by atoms with Crippen LogP contribution >= 0.6 is 0 Å². The number of unbranched alkanes of at least 4 members (excludes halogenated alkanes) is 2. The lowest BCUT2D eigenvalue weighted by atomic mass is 10.0. The van der Waals surface area contributed by atoms with Crippen molar-refractivity contribution in [3.63, 3.8) is 0 Å². The quantitative estimate of drug-likeness (QED) is 0.627. The summed E-state index contributed by atoms with van der Waals surface area (Å²) in [6.45, 7) is 2.25. The highest BCUT2D eigenvalue weighted by Gasteiger charge is 2.23. The van der Waals surface area contributed by atoms with Crippen LogP contribution in [0.1, 0.15) is 38.5 Å². The van der Waals surface area contributed by atoms with Crippen molar-refractivity contribution in [3.05, 3.63) is 0 Å². The molecule has 0 spiro atoms. The zero-order valence-corrected chi connectivity index (χ0v) is 12.4. The lowest BCUT2D eigenvalue weighted by Gasteiger charge is -2.32. The van der Waals surface area contributed by atoms with Gasteiger partial charge in [0.15, 0.2) is 0 Å². The van der Waals surface area contributed by atoms with Crippen LogP contribution in [-0.4, -0.2) is 56.1 Å². The molecule has 3 N–H and O–H groups in total. The number of methoxy groups -OCH3 is 1. The summed E-state index contributed by atoms with van der Waals surface area (Å²) in [5, 5.41) is 2.92. The minimum absolute atomic E-state index is 0.0842. The summed E-state index contributed by atoms with van der Waals surface area (Å²) in [7, 11) is 1.51. The van der Waals surface area contributed by atoms with Crippen LogP contribution in [0, 0.1) is 0 Å². The maximum Gasteiger partial charge on any atom is 0.246 e. The summed E-state index contributed by atoms with van der Waals surface area (Å²) >= 11 is 0. The summed E-state index contributed by atoms with van der Waals surface area (Å²) in [6, 6.07) is 0.166. The number of carbonyl (C=O) groups is 2. The molecule has 1 aliphatic heterocycles. The zero-order chi connectivity index (χ0) is 14.8. The number of nitrogens with two attached hydrogens (primary N) is 1. The molecule has 0 unspecified atom stereocenters. The van der Waals surface area contributed by atoms with E-state index in [4.69, 9.17) is 10.5 Å². The number of hydrogen-bond acceptors (Lipinski definition) is 4. The van der Waals surface area contributed by atoms with Gasteiger partial charge in [-0.3, -0.25) is 9.59 Å². The van der Waals surface area contributed by atoms with Crippen LogP contribution in [0.25, 0.3) is 0 Å². The van der Waals surface area contributed by atoms with Gasteiger partial charge in [-0.15, -0.1) is 0 Å². The highest BCUT2D eigenvalue weighted by molar-refractivity contribution is 5.78. The van der Waals surface area contributed by atoms with E-state index in [0.717, 1.165) is 45.2 Å². The van der Waals surface area contributed by atoms with Gasteiger partial charge in [0.1, 0.15) is 6.61 Å². The zero-order valence-electron chi connectivity index (χ0n) is 12.4. The Balaban J connectivity index is 2.17. The average molecular weight is 285 g/mol. The topological polar surface area (TPSA) is 84.7 Å². The Labute approximate surface area is 121 Å². The second kappa shape index (κ2) is 9.72.